The molecule has 1 aromatic heterocycles. The van der Waals surface area contributed by atoms with Crippen LogP contribution in [-0.2, 0) is 6.54 Å². The minimum absolute atomic E-state index is 0. The summed E-state index contributed by atoms with van der Waals surface area (Å²) >= 11 is 1.42. The largest absolute Gasteiger partial charge is 0.351 e. The number of benzene rings is 1. The highest BCUT2D eigenvalue weighted by Crippen LogP contribution is 2.26. The second-order valence-corrected chi connectivity index (χ2v) is 8.05. The lowest BCUT2D eigenvalue weighted by molar-refractivity contribution is 0.0920. The van der Waals surface area contributed by atoms with Gasteiger partial charge in [-0.15, -0.1) is 23.7 Å². The molecule has 1 saturated heterocycles. The van der Waals surface area contributed by atoms with Gasteiger partial charge in [0.2, 0.25) is 0 Å². The molecule has 1 aliphatic heterocycles. The highest BCUT2D eigenvalue weighted by atomic mass is 35.5. The number of hydrogen-bond acceptors (Lipinski definition) is 4. The Bertz CT molecular complexity index is 741. The molecular weight excluding hydrogens is 382 g/mol. The number of rotatable bonds is 6. The summed E-state index contributed by atoms with van der Waals surface area (Å²) in [5.41, 5.74) is 1.79. The first kappa shape index (κ1) is 21.4. The van der Waals surface area contributed by atoms with Crippen LogP contribution in [0.2, 0.25) is 0 Å². The van der Waals surface area contributed by atoms with Gasteiger partial charge in [-0.2, -0.15) is 0 Å². The van der Waals surface area contributed by atoms with Crippen molar-refractivity contribution in [3.05, 3.63) is 57.8 Å². The van der Waals surface area contributed by atoms with Crippen LogP contribution in [0.15, 0.2) is 41.8 Å². The SMILES string of the molecule is CC1(CNC(=O)c2ccc(CNC(=O)c3cccs3)cc2)CCNCC1.Cl. The number of carbonyl (C=O) groups excluding carboxylic acids is 2. The van der Waals surface area contributed by atoms with Gasteiger partial charge in [0, 0.05) is 18.7 Å². The highest BCUT2D eigenvalue weighted by Gasteiger charge is 2.27. The standard InChI is InChI=1S/C20H25N3O2S.ClH/c1-20(8-10-21-11-9-20)14-23-18(24)16-6-4-15(5-7-16)13-22-19(25)17-3-2-12-26-17;/h2-7,12,21H,8-11,13-14H2,1H3,(H,22,25)(H,23,24);1H. The van der Waals surface area contributed by atoms with Crippen molar-refractivity contribution in [2.45, 2.75) is 26.3 Å². The fourth-order valence-electron chi connectivity index (χ4n) is 3.05. The molecule has 0 atom stereocenters. The zero-order valence-corrected chi connectivity index (χ0v) is 17.1. The van der Waals surface area contributed by atoms with Gasteiger partial charge >= 0.3 is 0 Å². The highest BCUT2D eigenvalue weighted by molar-refractivity contribution is 7.12. The van der Waals surface area contributed by atoms with E-state index in [1.165, 1.54) is 11.3 Å². The van der Waals surface area contributed by atoms with E-state index in [-0.39, 0.29) is 29.6 Å². The third-order valence-corrected chi connectivity index (χ3v) is 5.77. The van der Waals surface area contributed by atoms with Gasteiger partial charge in [-0.3, -0.25) is 9.59 Å². The van der Waals surface area contributed by atoms with Crippen molar-refractivity contribution in [1.82, 2.24) is 16.0 Å². The Morgan fingerprint density at radius 1 is 1.07 bits per heavy atom. The van der Waals surface area contributed by atoms with E-state index in [0.717, 1.165) is 31.5 Å². The molecule has 5 nitrogen and oxygen atoms in total. The Kier molecular flexibility index (Phi) is 7.83. The Morgan fingerprint density at radius 2 is 1.78 bits per heavy atom. The number of amides is 2. The van der Waals surface area contributed by atoms with Crippen molar-refractivity contribution >= 4 is 35.6 Å². The third kappa shape index (κ3) is 6.06. The minimum atomic E-state index is -0.0722. The van der Waals surface area contributed by atoms with E-state index >= 15 is 0 Å². The Morgan fingerprint density at radius 3 is 2.41 bits per heavy atom. The van der Waals surface area contributed by atoms with Gasteiger partial charge in [-0.05, 0) is 60.5 Å². The molecule has 146 valence electrons. The Hall–Kier alpha value is -1.89. The van der Waals surface area contributed by atoms with Crippen LogP contribution in [0.4, 0.5) is 0 Å². The molecule has 2 heterocycles. The number of nitrogens with one attached hydrogen (secondary N) is 3. The van der Waals surface area contributed by atoms with Gasteiger partial charge < -0.3 is 16.0 Å². The third-order valence-electron chi connectivity index (χ3n) is 4.90. The first-order valence-electron chi connectivity index (χ1n) is 8.95. The molecule has 3 rings (SSSR count). The molecule has 27 heavy (non-hydrogen) atoms. The first-order valence-corrected chi connectivity index (χ1v) is 9.83. The summed E-state index contributed by atoms with van der Waals surface area (Å²) in [5.74, 6) is -0.115. The topological polar surface area (TPSA) is 70.2 Å². The summed E-state index contributed by atoms with van der Waals surface area (Å²) in [4.78, 5) is 25.0. The fourth-order valence-corrected chi connectivity index (χ4v) is 3.69. The van der Waals surface area contributed by atoms with Gasteiger partial charge in [0.15, 0.2) is 0 Å². The van der Waals surface area contributed by atoms with Crippen LogP contribution in [0, 0.1) is 5.41 Å². The first-order chi connectivity index (χ1) is 12.6. The number of piperidine rings is 1. The maximum absolute atomic E-state index is 12.4. The molecule has 0 saturated carbocycles. The van der Waals surface area contributed by atoms with Crippen molar-refractivity contribution in [2.24, 2.45) is 5.41 Å². The Balaban J connectivity index is 0.00000261. The van der Waals surface area contributed by atoms with Gasteiger partial charge in [-0.25, -0.2) is 0 Å². The van der Waals surface area contributed by atoms with E-state index in [9.17, 15) is 9.59 Å². The number of thiophene rings is 1. The molecule has 0 bridgehead atoms. The second-order valence-electron chi connectivity index (χ2n) is 7.10. The summed E-state index contributed by atoms with van der Waals surface area (Å²) in [5, 5.41) is 11.2. The molecule has 0 aliphatic carbocycles. The molecule has 1 fully saturated rings. The summed E-state index contributed by atoms with van der Waals surface area (Å²) in [7, 11) is 0. The Labute approximate surface area is 170 Å². The smallest absolute Gasteiger partial charge is 0.261 e. The van der Waals surface area contributed by atoms with E-state index in [0.29, 0.717) is 23.5 Å². The minimum Gasteiger partial charge on any atom is -0.351 e. The molecule has 2 aromatic rings. The van der Waals surface area contributed by atoms with Gasteiger partial charge in [0.25, 0.3) is 11.8 Å². The van der Waals surface area contributed by atoms with Crippen molar-refractivity contribution < 1.29 is 9.59 Å². The van der Waals surface area contributed by atoms with Crippen LogP contribution < -0.4 is 16.0 Å². The number of carbonyl (C=O) groups is 2. The molecule has 0 radical (unpaired) electrons. The molecule has 2 amide bonds. The average Bonchev–Trinajstić information content (AvgIpc) is 3.20. The van der Waals surface area contributed by atoms with E-state index in [4.69, 9.17) is 0 Å². The molecular formula is C20H26ClN3O2S. The van der Waals surface area contributed by atoms with Crippen LogP contribution in [0.5, 0.6) is 0 Å². The van der Waals surface area contributed by atoms with Crippen LogP contribution in [0.1, 0.15) is 45.4 Å². The second kappa shape index (κ2) is 9.88. The zero-order chi connectivity index (χ0) is 18.4. The number of halogens is 1. The summed E-state index contributed by atoms with van der Waals surface area (Å²) in [6.45, 7) is 5.40. The van der Waals surface area contributed by atoms with E-state index in [1.54, 1.807) is 6.07 Å². The van der Waals surface area contributed by atoms with Crippen molar-refractivity contribution in [3.63, 3.8) is 0 Å². The lowest BCUT2D eigenvalue weighted by atomic mass is 9.81. The molecule has 0 spiro atoms. The molecule has 1 aromatic carbocycles. The molecule has 3 N–H and O–H groups in total. The van der Waals surface area contributed by atoms with Gasteiger partial charge in [0.05, 0.1) is 4.88 Å². The van der Waals surface area contributed by atoms with Crippen LogP contribution in [-0.4, -0.2) is 31.4 Å². The molecule has 7 heteroatoms. The van der Waals surface area contributed by atoms with Crippen LogP contribution in [0.3, 0.4) is 0 Å². The molecule has 0 unspecified atom stereocenters. The monoisotopic (exact) mass is 407 g/mol. The summed E-state index contributed by atoms with van der Waals surface area (Å²) in [6, 6.07) is 11.1. The van der Waals surface area contributed by atoms with Crippen molar-refractivity contribution in [3.8, 4) is 0 Å². The predicted octanol–water partition coefficient (Wildman–Crippen LogP) is 3.22. The van der Waals surface area contributed by atoms with Crippen molar-refractivity contribution in [2.75, 3.05) is 19.6 Å². The van der Waals surface area contributed by atoms with Gasteiger partial charge in [0.1, 0.15) is 0 Å². The lowest BCUT2D eigenvalue weighted by Gasteiger charge is -2.34. The zero-order valence-electron chi connectivity index (χ0n) is 15.4. The molecule has 1 aliphatic rings. The lowest BCUT2D eigenvalue weighted by Crippen LogP contribution is -2.42. The summed E-state index contributed by atoms with van der Waals surface area (Å²) in [6.07, 6.45) is 2.16. The van der Waals surface area contributed by atoms with Crippen molar-refractivity contribution in [1.29, 1.82) is 0 Å². The van der Waals surface area contributed by atoms with E-state index < -0.39 is 0 Å². The quantitative estimate of drug-likeness (QED) is 0.688. The number of hydrogen-bond donors (Lipinski definition) is 3. The predicted molar refractivity (Wildman–Crippen MR) is 112 cm³/mol. The van der Waals surface area contributed by atoms with Crippen LogP contribution >= 0.6 is 23.7 Å². The summed E-state index contributed by atoms with van der Waals surface area (Å²) < 4.78 is 0. The maximum Gasteiger partial charge on any atom is 0.261 e. The van der Waals surface area contributed by atoms with E-state index in [2.05, 4.69) is 22.9 Å². The maximum atomic E-state index is 12.4. The normalized spacial score (nSPS) is 15.4. The van der Waals surface area contributed by atoms with Gasteiger partial charge in [-0.1, -0.05) is 25.1 Å². The van der Waals surface area contributed by atoms with Crippen LogP contribution in [0.25, 0.3) is 0 Å². The van der Waals surface area contributed by atoms with E-state index in [1.807, 2.05) is 35.7 Å². The average molecular weight is 408 g/mol. The fraction of sp³-hybridized carbons (Fsp3) is 0.400.